The molecule has 0 aliphatic carbocycles. The number of nitrogens with zero attached hydrogens (tertiary/aromatic N) is 1. The summed E-state index contributed by atoms with van der Waals surface area (Å²) >= 11 is 3.33. The van der Waals surface area contributed by atoms with Gasteiger partial charge >= 0.3 is 0 Å². The number of halogens is 1. The summed E-state index contributed by atoms with van der Waals surface area (Å²) in [5.41, 5.74) is 8.70. The van der Waals surface area contributed by atoms with Crippen molar-refractivity contribution >= 4 is 38.1 Å². The van der Waals surface area contributed by atoms with Gasteiger partial charge in [-0.3, -0.25) is 4.98 Å². The van der Waals surface area contributed by atoms with Gasteiger partial charge in [0.1, 0.15) is 0 Å². The van der Waals surface area contributed by atoms with Gasteiger partial charge < -0.3 is 11.1 Å². The minimum atomic E-state index is 0.681. The maximum absolute atomic E-state index is 5.94. The average Bonchev–Trinajstić information content (AvgIpc) is 2.28. The van der Waals surface area contributed by atoms with Gasteiger partial charge in [0.15, 0.2) is 0 Å². The molecule has 3 nitrogen and oxygen atoms in total. The van der Waals surface area contributed by atoms with Gasteiger partial charge in [0.05, 0.1) is 0 Å². The maximum Gasteiger partial charge on any atom is 0.0460 e. The summed E-state index contributed by atoms with van der Waals surface area (Å²) in [6.45, 7) is 6.45. The van der Waals surface area contributed by atoms with Crippen LogP contribution < -0.4 is 11.1 Å². The standard InChI is InChI=1S/C13H14BrN3/c1-8(14)6-17-13-4-3-12(15)11-7-16-9(2)5-10(11)13/h3-5,7,17H,1,6,15H2,2H3. The van der Waals surface area contributed by atoms with Crippen molar-refractivity contribution in [1.29, 1.82) is 0 Å². The monoisotopic (exact) mass is 291 g/mol. The highest BCUT2D eigenvalue weighted by molar-refractivity contribution is 9.11. The van der Waals surface area contributed by atoms with Crippen LogP contribution in [0.4, 0.5) is 11.4 Å². The summed E-state index contributed by atoms with van der Waals surface area (Å²) < 4.78 is 0.910. The topological polar surface area (TPSA) is 50.9 Å². The highest BCUT2D eigenvalue weighted by atomic mass is 79.9. The minimum absolute atomic E-state index is 0.681. The third kappa shape index (κ3) is 2.58. The van der Waals surface area contributed by atoms with Crippen LogP contribution in [0.15, 0.2) is 35.5 Å². The van der Waals surface area contributed by atoms with Crippen molar-refractivity contribution < 1.29 is 0 Å². The maximum atomic E-state index is 5.94. The van der Waals surface area contributed by atoms with Gasteiger partial charge in [0.25, 0.3) is 0 Å². The number of nitrogen functional groups attached to an aromatic ring is 1. The summed E-state index contributed by atoms with van der Waals surface area (Å²) in [6.07, 6.45) is 1.81. The molecule has 0 fully saturated rings. The molecule has 88 valence electrons. The van der Waals surface area contributed by atoms with Gasteiger partial charge in [-0.2, -0.15) is 0 Å². The number of nitrogens with one attached hydrogen (secondary N) is 1. The second-order valence-electron chi connectivity index (χ2n) is 3.94. The molecule has 0 amide bonds. The van der Waals surface area contributed by atoms with Crippen molar-refractivity contribution in [2.24, 2.45) is 0 Å². The van der Waals surface area contributed by atoms with Crippen molar-refractivity contribution in [3.63, 3.8) is 0 Å². The number of anilines is 2. The molecule has 4 heteroatoms. The van der Waals surface area contributed by atoms with Crippen LogP contribution in [0.5, 0.6) is 0 Å². The first-order chi connectivity index (χ1) is 8.08. The number of pyridine rings is 1. The molecular formula is C13H14BrN3. The number of aromatic nitrogens is 1. The zero-order valence-electron chi connectivity index (χ0n) is 9.63. The molecule has 0 spiro atoms. The van der Waals surface area contributed by atoms with Crippen molar-refractivity contribution in [1.82, 2.24) is 4.98 Å². The van der Waals surface area contributed by atoms with Crippen LogP contribution >= 0.6 is 15.9 Å². The lowest BCUT2D eigenvalue weighted by Gasteiger charge is -2.11. The van der Waals surface area contributed by atoms with Gasteiger partial charge in [-0.15, -0.1) is 0 Å². The first-order valence-electron chi connectivity index (χ1n) is 5.30. The van der Waals surface area contributed by atoms with E-state index in [-0.39, 0.29) is 0 Å². The molecule has 0 unspecified atom stereocenters. The third-order valence-electron chi connectivity index (χ3n) is 2.54. The molecule has 0 bridgehead atoms. The predicted molar refractivity (Wildman–Crippen MR) is 77.4 cm³/mol. The molecule has 2 aromatic rings. The average molecular weight is 292 g/mol. The molecule has 3 N–H and O–H groups in total. The summed E-state index contributed by atoms with van der Waals surface area (Å²) in [6, 6.07) is 5.90. The Morgan fingerprint density at radius 2 is 2.24 bits per heavy atom. The molecule has 0 radical (unpaired) electrons. The van der Waals surface area contributed by atoms with E-state index in [0.717, 1.165) is 32.3 Å². The molecule has 1 heterocycles. The van der Waals surface area contributed by atoms with E-state index >= 15 is 0 Å². The quantitative estimate of drug-likeness (QED) is 0.852. The molecule has 0 aliphatic rings. The Kier molecular flexibility index (Phi) is 3.33. The van der Waals surface area contributed by atoms with Gasteiger partial charge in [0, 0.05) is 45.1 Å². The number of fused-ring (bicyclic) bond motifs is 1. The lowest BCUT2D eigenvalue weighted by atomic mass is 10.1. The fourth-order valence-electron chi connectivity index (χ4n) is 1.71. The third-order valence-corrected chi connectivity index (χ3v) is 2.82. The Morgan fingerprint density at radius 3 is 2.94 bits per heavy atom. The van der Waals surface area contributed by atoms with Crippen LogP contribution in [0.2, 0.25) is 0 Å². The summed E-state index contributed by atoms with van der Waals surface area (Å²) in [7, 11) is 0. The Balaban J connectivity index is 2.52. The molecule has 0 saturated carbocycles. The lowest BCUT2D eigenvalue weighted by Crippen LogP contribution is -2.02. The second-order valence-corrected chi connectivity index (χ2v) is 5.07. The van der Waals surface area contributed by atoms with Crippen LogP contribution in [0, 0.1) is 6.92 Å². The van der Waals surface area contributed by atoms with Gasteiger partial charge in [0.2, 0.25) is 0 Å². The van der Waals surface area contributed by atoms with Gasteiger partial charge in [-0.25, -0.2) is 0 Å². The molecule has 0 saturated heterocycles. The number of nitrogens with two attached hydrogens (primary N) is 1. The van der Waals surface area contributed by atoms with E-state index in [4.69, 9.17) is 5.73 Å². The zero-order chi connectivity index (χ0) is 12.4. The van der Waals surface area contributed by atoms with Crippen molar-refractivity contribution in [3.05, 3.63) is 41.2 Å². The summed E-state index contributed by atoms with van der Waals surface area (Å²) in [5.74, 6) is 0. The van der Waals surface area contributed by atoms with E-state index in [1.165, 1.54) is 0 Å². The first kappa shape index (κ1) is 11.9. The number of hydrogen-bond donors (Lipinski definition) is 2. The van der Waals surface area contributed by atoms with E-state index in [1.54, 1.807) is 0 Å². The molecule has 0 atom stereocenters. The molecular weight excluding hydrogens is 278 g/mol. The number of benzene rings is 1. The predicted octanol–water partition coefficient (Wildman–Crippen LogP) is 3.45. The molecule has 0 aliphatic heterocycles. The van der Waals surface area contributed by atoms with Gasteiger partial charge in [-0.05, 0) is 25.1 Å². The van der Waals surface area contributed by atoms with Crippen LogP contribution in [0.25, 0.3) is 10.8 Å². The summed E-state index contributed by atoms with van der Waals surface area (Å²) in [4.78, 5) is 4.27. The van der Waals surface area contributed by atoms with Crippen LogP contribution in [-0.4, -0.2) is 11.5 Å². The van der Waals surface area contributed by atoms with Crippen LogP contribution in [0.1, 0.15) is 5.69 Å². The highest BCUT2D eigenvalue weighted by Gasteiger charge is 2.04. The lowest BCUT2D eigenvalue weighted by molar-refractivity contribution is 1.22. The number of hydrogen-bond acceptors (Lipinski definition) is 3. The van der Waals surface area contributed by atoms with Crippen LogP contribution in [-0.2, 0) is 0 Å². The SMILES string of the molecule is C=C(Br)CNc1ccc(N)c2cnc(C)cc12. The van der Waals surface area contributed by atoms with Gasteiger partial charge in [-0.1, -0.05) is 22.5 Å². The summed E-state index contributed by atoms with van der Waals surface area (Å²) in [5, 5.41) is 5.37. The van der Waals surface area contributed by atoms with Crippen LogP contribution in [0.3, 0.4) is 0 Å². The number of rotatable bonds is 3. The fourth-order valence-corrected chi connectivity index (χ4v) is 1.85. The minimum Gasteiger partial charge on any atom is -0.398 e. The normalized spacial score (nSPS) is 10.5. The van der Waals surface area contributed by atoms with E-state index in [0.29, 0.717) is 6.54 Å². The molecule has 1 aromatic heterocycles. The van der Waals surface area contributed by atoms with E-state index in [2.05, 4.69) is 32.8 Å². The molecule has 17 heavy (non-hydrogen) atoms. The Morgan fingerprint density at radius 1 is 1.47 bits per heavy atom. The molecule has 1 aromatic carbocycles. The Bertz CT molecular complexity index is 578. The largest absolute Gasteiger partial charge is 0.398 e. The first-order valence-corrected chi connectivity index (χ1v) is 6.09. The van der Waals surface area contributed by atoms with E-state index in [1.807, 2.05) is 31.3 Å². The van der Waals surface area contributed by atoms with E-state index in [9.17, 15) is 0 Å². The van der Waals surface area contributed by atoms with Crippen molar-refractivity contribution in [3.8, 4) is 0 Å². The molecule has 2 rings (SSSR count). The zero-order valence-corrected chi connectivity index (χ0v) is 11.2. The Hall–Kier alpha value is -1.55. The number of aryl methyl sites for hydroxylation is 1. The Labute approximate surface area is 109 Å². The fraction of sp³-hybridized carbons (Fsp3) is 0.154. The van der Waals surface area contributed by atoms with E-state index < -0.39 is 0 Å². The van der Waals surface area contributed by atoms with Crippen molar-refractivity contribution in [2.75, 3.05) is 17.6 Å². The smallest absolute Gasteiger partial charge is 0.0460 e. The van der Waals surface area contributed by atoms with Crippen molar-refractivity contribution in [2.45, 2.75) is 6.92 Å². The second kappa shape index (κ2) is 4.75. The highest BCUT2D eigenvalue weighted by Crippen LogP contribution is 2.28.